The maximum Gasteiger partial charge on any atom is 0.247 e. The summed E-state index contributed by atoms with van der Waals surface area (Å²) in [5, 5.41) is 10.6. The first-order chi connectivity index (χ1) is 15.6. The Morgan fingerprint density at radius 2 is 1.81 bits per heavy atom. The van der Waals surface area contributed by atoms with E-state index in [1.807, 2.05) is 55.7 Å². The smallest absolute Gasteiger partial charge is 0.247 e. The minimum atomic E-state index is -0.481. The first-order valence-corrected chi connectivity index (χ1v) is 10.7. The van der Waals surface area contributed by atoms with Gasteiger partial charge in [-0.25, -0.2) is 4.98 Å². The van der Waals surface area contributed by atoms with Gasteiger partial charge in [-0.3, -0.25) is 9.48 Å². The molecule has 2 heterocycles. The van der Waals surface area contributed by atoms with Crippen LogP contribution in [0.4, 0.5) is 5.82 Å². The topological polar surface area (TPSA) is 71.8 Å². The predicted molar refractivity (Wildman–Crippen MR) is 127 cm³/mol. The Balaban J connectivity index is 1.47. The SMILES string of the molecule is Cc1ccc(CCN[C@@H](C(=O)Nc2cc(-c3cnn(C)c3)ccn2)c2ccccc2)cc1. The molecule has 32 heavy (non-hydrogen) atoms. The molecule has 162 valence electrons. The van der Waals surface area contributed by atoms with Gasteiger partial charge in [0.05, 0.1) is 6.20 Å². The van der Waals surface area contributed by atoms with E-state index in [9.17, 15) is 4.79 Å². The van der Waals surface area contributed by atoms with Crippen LogP contribution in [0.3, 0.4) is 0 Å². The second-order valence-electron chi connectivity index (χ2n) is 7.86. The van der Waals surface area contributed by atoms with Crippen molar-refractivity contribution in [2.45, 2.75) is 19.4 Å². The first kappa shape index (κ1) is 21.5. The highest BCUT2D eigenvalue weighted by atomic mass is 16.2. The molecule has 4 aromatic rings. The minimum absolute atomic E-state index is 0.143. The summed E-state index contributed by atoms with van der Waals surface area (Å²) in [6.45, 7) is 2.76. The van der Waals surface area contributed by atoms with Crippen molar-refractivity contribution in [2.24, 2.45) is 7.05 Å². The van der Waals surface area contributed by atoms with Crippen molar-refractivity contribution in [1.29, 1.82) is 0 Å². The molecule has 0 spiro atoms. The zero-order valence-corrected chi connectivity index (χ0v) is 18.3. The van der Waals surface area contributed by atoms with Gasteiger partial charge in [0.2, 0.25) is 5.91 Å². The summed E-state index contributed by atoms with van der Waals surface area (Å²) >= 11 is 0. The summed E-state index contributed by atoms with van der Waals surface area (Å²) in [5.41, 5.74) is 5.32. The van der Waals surface area contributed by atoms with Crippen LogP contribution in [-0.2, 0) is 18.3 Å². The van der Waals surface area contributed by atoms with Crippen LogP contribution >= 0.6 is 0 Å². The average molecular weight is 426 g/mol. The summed E-state index contributed by atoms with van der Waals surface area (Å²) < 4.78 is 1.75. The number of benzene rings is 2. The van der Waals surface area contributed by atoms with Crippen molar-refractivity contribution < 1.29 is 4.79 Å². The van der Waals surface area contributed by atoms with Gasteiger partial charge < -0.3 is 10.6 Å². The van der Waals surface area contributed by atoms with Gasteiger partial charge in [-0.1, -0.05) is 60.2 Å². The summed E-state index contributed by atoms with van der Waals surface area (Å²) in [7, 11) is 1.88. The molecule has 0 aliphatic rings. The van der Waals surface area contributed by atoms with Crippen molar-refractivity contribution in [3.05, 3.63) is 102 Å². The minimum Gasteiger partial charge on any atom is -0.309 e. The van der Waals surface area contributed by atoms with Gasteiger partial charge in [-0.2, -0.15) is 5.10 Å². The molecule has 6 heteroatoms. The van der Waals surface area contributed by atoms with Crippen molar-refractivity contribution in [1.82, 2.24) is 20.1 Å². The van der Waals surface area contributed by atoms with Crippen LogP contribution in [-0.4, -0.2) is 27.2 Å². The molecule has 2 aromatic carbocycles. The average Bonchev–Trinajstić information content (AvgIpc) is 3.25. The van der Waals surface area contributed by atoms with E-state index in [1.54, 1.807) is 17.1 Å². The highest BCUT2D eigenvalue weighted by molar-refractivity contribution is 5.95. The second kappa shape index (κ2) is 10.0. The molecule has 0 aliphatic heterocycles. The zero-order valence-electron chi connectivity index (χ0n) is 18.3. The van der Waals surface area contributed by atoms with Gasteiger partial charge in [-0.15, -0.1) is 0 Å². The lowest BCUT2D eigenvalue weighted by molar-refractivity contribution is -0.118. The van der Waals surface area contributed by atoms with E-state index in [2.05, 4.69) is 51.9 Å². The molecule has 0 saturated heterocycles. The third kappa shape index (κ3) is 5.47. The van der Waals surface area contributed by atoms with Gasteiger partial charge in [-0.05, 0) is 42.2 Å². The van der Waals surface area contributed by atoms with Crippen LogP contribution in [0.25, 0.3) is 11.1 Å². The number of aromatic nitrogens is 3. The van der Waals surface area contributed by atoms with Crippen LogP contribution in [0.2, 0.25) is 0 Å². The number of anilines is 1. The Labute approximate surface area is 188 Å². The number of amides is 1. The molecule has 0 aliphatic carbocycles. The molecule has 1 amide bonds. The fraction of sp³-hybridized carbons (Fsp3) is 0.192. The Morgan fingerprint density at radius 3 is 2.53 bits per heavy atom. The molecular formula is C26H27N5O. The Hall–Kier alpha value is -3.77. The molecule has 0 bridgehead atoms. The first-order valence-electron chi connectivity index (χ1n) is 10.7. The summed E-state index contributed by atoms with van der Waals surface area (Å²) in [5.74, 6) is 0.369. The van der Waals surface area contributed by atoms with Crippen LogP contribution in [0.1, 0.15) is 22.7 Å². The molecule has 1 atom stereocenters. The fourth-order valence-electron chi connectivity index (χ4n) is 3.57. The number of nitrogens with zero attached hydrogens (tertiary/aromatic N) is 3. The van der Waals surface area contributed by atoms with E-state index in [1.165, 1.54) is 11.1 Å². The van der Waals surface area contributed by atoms with Gasteiger partial charge in [0.25, 0.3) is 0 Å². The number of nitrogens with one attached hydrogen (secondary N) is 2. The highest BCUT2D eigenvalue weighted by Gasteiger charge is 2.20. The van der Waals surface area contributed by atoms with E-state index < -0.39 is 6.04 Å². The van der Waals surface area contributed by atoms with Crippen LogP contribution in [0.5, 0.6) is 0 Å². The molecule has 0 saturated carbocycles. The van der Waals surface area contributed by atoms with Gasteiger partial charge >= 0.3 is 0 Å². The number of hydrogen-bond acceptors (Lipinski definition) is 4. The maximum atomic E-state index is 13.2. The summed E-state index contributed by atoms with van der Waals surface area (Å²) in [6, 6.07) is 21.5. The quantitative estimate of drug-likeness (QED) is 0.441. The number of rotatable bonds is 8. The molecular weight excluding hydrogens is 398 g/mol. The van der Waals surface area contributed by atoms with Crippen molar-refractivity contribution in [3.8, 4) is 11.1 Å². The molecule has 0 fully saturated rings. The van der Waals surface area contributed by atoms with E-state index in [4.69, 9.17) is 0 Å². The van der Waals surface area contributed by atoms with Gasteiger partial charge in [0, 0.05) is 31.5 Å². The molecule has 2 aromatic heterocycles. The van der Waals surface area contributed by atoms with Crippen LogP contribution in [0, 0.1) is 6.92 Å². The predicted octanol–water partition coefficient (Wildman–Crippen LogP) is 4.30. The maximum absolute atomic E-state index is 13.2. The molecule has 6 nitrogen and oxygen atoms in total. The summed E-state index contributed by atoms with van der Waals surface area (Å²) in [6.07, 6.45) is 6.26. The Kier molecular flexibility index (Phi) is 6.72. The monoisotopic (exact) mass is 425 g/mol. The lowest BCUT2D eigenvalue weighted by atomic mass is 10.0. The lowest BCUT2D eigenvalue weighted by Crippen LogP contribution is -2.34. The van der Waals surface area contributed by atoms with E-state index >= 15 is 0 Å². The second-order valence-corrected chi connectivity index (χ2v) is 7.86. The van der Waals surface area contributed by atoms with Gasteiger partial charge in [0.1, 0.15) is 11.9 Å². The Morgan fingerprint density at radius 1 is 1.03 bits per heavy atom. The number of hydrogen-bond donors (Lipinski definition) is 2. The number of carbonyl (C=O) groups is 1. The van der Waals surface area contributed by atoms with E-state index in [-0.39, 0.29) is 5.91 Å². The summed E-state index contributed by atoms with van der Waals surface area (Å²) in [4.78, 5) is 17.6. The van der Waals surface area contributed by atoms with Crippen molar-refractivity contribution in [3.63, 3.8) is 0 Å². The van der Waals surface area contributed by atoms with Crippen LogP contribution in [0.15, 0.2) is 85.3 Å². The molecule has 0 unspecified atom stereocenters. The van der Waals surface area contributed by atoms with Crippen LogP contribution < -0.4 is 10.6 Å². The van der Waals surface area contributed by atoms with Crippen molar-refractivity contribution >= 4 is 11.7 Å². The van der Waals surface area contributed by atoms with E-state index in [0.29, 0.717) is 12.4 Å². The standard InChI is InChI=1S/C26H27N5O/c1-19-8-10-20(11-9-19)12-14-28-25(21-6-4-3-5-7-21)26(32)30-24-16-22(13-15-27-24)23-17-29-31(2)18-23/h3-11,13,15-18,25,28H,12,14H2,1-2H3,(H,27,30,32)/t25-/m1/s1. The van der Waals surface area contributed by atoms with Crippen molar-refractivity contribution in [2.75, 3.05) is 11.9 Å². The van der Waals surface area contributed by atoms with Gasteiger partial charge in [0.15, 0.2) is 0 Å². The molecule has 4 rings (SSSR count). The fourth-order valence-corrected chi connectivity index (χ4v) is 3.57. The lowest BCUT2D eigenvalue weighted by Gasteiger charge is -2.19. The third-order valence-corrected chi connectivity index (χ3v) is 5.33. The largest absolute Gasteiger partial charge is 0.309 e. The molecule has 0 radical (unpaired) electrons. The number of carbonyl (C=O) groups excluding carboxylic acids is 1. The Bertz CT molecular complexity index is 1170. The normalized spacial score (nSPS) is 11.8. The third-order valence-electron chi connectivity index (χ3n) is 5.33. The van der Waals surface area contributed by atoms with E-state index in [0.717, 1.165) is 23.1 Å². The number of aryl methyl sites for hydroxylation is 2. The zero-order chi connectivity index (χ0) is 22.3. The highest BCUT2D eigenvalue weighted by Crippen LogP contribution is 2.21. The number of pyridine rings is 1. The molecule has 2 N–H and O–H groups in total.